The lowest BCUT2D eigenvalue weighted by atomic mass is 9.81. The molecule has 2 atom stereocenters. The van der Waals surface area contributed by atoms with Crippen LogP contribution in [-0.4, -0.2) is 37.3 Å². The van der Waals surface area contributed by atoms with Gasteiger partial charge in [0.05, 0.1) is 30.2 Å². The Kier molecular flexibility index (Phi) is 5.80. The molecule has 0 aliphatic heterocycles. The summed E-state index contributed by atoms with van der Waals surface area (Å²) < 4.78 is 34.2. The van der Waals surface area contributed by atoms with Crippen molar-refractivity contribution in [3.8, 4) is 0 Å². The van der Waals surface area contributed by atoms with Crippen LogP contribution in [0, 0.1) is 5.92 Å². The number of halogens is 2. The predicted octanol–water partition coefficient (Wildman–Crippen LogP) is 4.17. The zero-order chi connectivity index (χ0) is 21.4. The van der Waals surface area contributed by atoms with Gasteiger partial charge < -0.3 is 15.2 Å². The van der Waals surface area contributed by atoms with Crippen molar-refractivity contribution >= 4 is 11.7 Å². The number of carbonyl (C=O) groups excluding carboxylic acids is 1. The summed E-state index contributed by atoms with van der Waals surface area (Å²) >= 11 is 0. The van der Waals surface area contributed by atoms with Crippen LogP contribution in [0.1, 0.15) is 76.8 Å². The fourth-order valence-corrected chi connectivity index (χ4v) is 3.55. The highest BCUT2D eigenvalue weighted by Gasteiger charge is 2.39. The molecule has 3 rings (SSSR count). The van der Waals surface area contributed by atoms with Crippen LogP contribution in [0.25, 0.3) is 5.65 Å². The number of nitrogens with zero attached hydrogens (tertiary/aromatic N) is 3. The van der Waals surface area contributed by atoms with E-state index >= 15 is 0 Å². The number of ether oxygens (including phenoxy) is 1. The Hall–Kier alpha value is -2.29. The lowest BCUT2D eigenvalue weighted by molar-refractivity contribution is -0.0500. The van der Waals surface area contributed by atoms with Gasteiger partial charge in [0.1, 0.15) is 5.60 Å². The molecule has 1 saturated carbocycles. The third kappa shape index (κ3) is 5.41. The average Bonchev–Trinajstić information content (AvgIpc) is 3.01. The quantitative estimate of drug-likeness (QED) is 0.790. The molecule has 1 aliphatic carbocycles. The molecule has 1 amide bonds. The molecular weight excluding hydrogens is 382 g/mol. The molecule has 7 nitrogen and oxygen atoms in total. The van der Waals surface area contributed by atoms with E-state index in [-0.39, 0.29) is 31.6 Å². The number of aliphatic hydroxyl groups is 1. The second-order valence-electron chi connectivity index (χ2n) is 8.75. The van der Waals surface area contributed by atoms with Gasteiger partial charge in [0, 0.05) is 18.4 Å². The topological polar surface area (TPSA) is 88.8 Å². The highest BCUT2D eigenvalue weighted by atomic mass is 19.3. The lowest BCUT2D eigenvalue weighted by Gasteiger charge is -2.33. The minimum Gasteiger partial charge on any atom is -0.444 e. The number of nitrogens with one attached hydrogen (secondary N) is 1. The first-order valence-electron chi connectivity index (χ1n) is 9.84. The summed E-state index contributed by atoms with van der Waals surface area (Å²) in [6.07, 6.45) is 2.01. The second kappa shape index (κ2) is 7.85. The van der Waals surface area contributed by atoms with Gasteiger partial charge in [-0.15, -0.1) is 0 Å². The molecule has 0 aromatic carbocycles. The van der Waals surface area contributed by atoms with Crippen LogP contribution in [0.4, 0.5) is 13.6 Å². The maximum atomic E-state index is 13.7. The van der Waals surface area contributed by atoms with Crippen molar-refractivity contribution in [3.63, 3.8) is 0 Å². The van der Waals surface area contributed by atoms with E-state index in [0.717, 1.165) is 0 Å². The standard InChI is InChI=1S/C20H28F2N4O3/c1-12(27)14-9-16-24-15(11-26(16)23-10-14)17(25-18(28)29-19(2,3)4)13-5-7-20(21,22)8-6-13/h9-13,17,27H,5-8H2,1-4H3,(H,25,28)/t12?,17-/m0/s1. The van der Waals surface area contributed by atoms with Crippen molar-refractivity contribution in [2.45, 2.75) is 77.0 Å². The summed E-state index contributed by atoms with van der Waals surface area (Å²) in [5, 5.41) is 16.8. The van der Waals surface area contributed by atoms with Crippen molar-refractivity contribution < 1.29 is 23.4 Å². The minimum atomic E-state index is -2.67. The van der Waals surface area contributed by atoms with Crippen LogP contribution in [0.15, 0.2) is 18.5 Å². The largest absolute Gasteiger partial charge is 0.444 e. The number of hydrogen-bond donors (Lipinski definition) is 2. The molecule has 2 aromatic rings. The van der Waals surface area contributed by atoms with Gasteiger partial charge in [-0.3, -0.25) is 0 Å². The van der Waals surface area contributed by atoms with Gasteiger partial charge in [-0.05, 0) is 52.5 Å². The van der Waals surface area contributed by atoms with Crippen LogP contribution in [-0.2, 0) is 4.74 Å². The number of amides is 1. The summed E-state index contributed by atoms with van der Waals surface area (Å²) in [7, 11) is 0. The summed E-state index contributed by atoms with van der Waals surface area (Å²) in [6, 6.07) is 1.14. The minimum absolute atomic E-state index is 0.191. The Morgan fingerprint density at radius 3 is 2.62 bits per heavy atom. The highest BCUT2D eigenvalue weighted by molar-refractivity contribution is 5.68. The van der Waals surface area contributed by atoms with Crippen LogP contribution in [0.2, 0.25) is 0 Å². The predicted molar refractivity (Wildman–Crippen MR) is 103 cm³/mol. The van der Waals surface area contributed by atoms with E-state index in [2.05, 4.69) is 15.4 Å². The molecule has 2 aromatic heterocycles. The van der Waals surface area contributed by atoms with Crippen LogP contribution in [0.5, 0.6) is 0 Å². The summed E-state index contributed by atoms with van der Waals surface area (Å²) in [5.41, 5.74) is 0.974. The number of hydrogen-bond acceptors (Lipinski definition) is 5. The normalized spacial score (nSPS) is 19.7. The number of alkyl halides is 2. The molecule has 29 heavy (non-hydrogen) atoms. The summed E-state index contributed by atoms with van der Waals surface area (Å²) in [6.45, 7) is 6.91. The number of alkyl carbamates (subject to hydrolysis) is 1. The monoisotopic (exact) mass is 410 g/mol. The molecule has 1 fully saturated rings. The molecule has 1 unspecified atom stereocenters. The van der Waals surface area contributed by atoms with Crippen LogP contribution < -0.4 is 5.32 Å². The number of imidazole rings is 1. The summed E-state index contributed by atoms with van der Waals surface area (Å²) in [4.78, 5) is 17.0. The second-order valence-corrected chi connectivity index (χ2v) is 8.75. The van der Waals surface area contributed by atoms with Gasteiger partial charge in [-0.25, -0.2) is 23.1 Å². The van der Waals surface area contributed by atoms with Crippen LogP contribution >= 0.6 is 0 Å². The number of fused-ring (bicyclic) bond motifs is 1. The van der Waals surface area contributed by atoms with Crippen molar-refractivity contribution in [2.75, 3.05) is 0 Å². The molecule has 1 aliphatic rings. The third-order valence-corrected chi connectivity index (χ3v) is 5.07. The van der Waals surface area contributed by atoms with E-state index in [9.17, 15) is 18.7 Å². The fraction of sp³-hybridized carbons (Fsp3) is 0.650. The van der Waals surface area contributed by atoms with E-state index < -0.39 is 29.8 Å². The van der Waals surface area contributed by atoms with Gasteiger partial charge >= 0.3 is 6.09 Å². The van der Waals surface area contributed by atoms with E-state index in [1.54, 1.807) is 50.7 Å². The zero-order valence-electron chi connectivity index (χ0n) is 17.2. The Bertz CT molecular complexity index is 866. The maximum Gasteiger partial charge on any atom is 0.408 e. The SMILES string of the molecule is CC(O)c1cnn2cc([C@@H](NC(=O)OC(C)(C)C)C3CCC(F)(F)CC3)nc2c1. The first-order chi connectivity index (χ1) is 13.4. The van der Waals surface area contributed by atoms with Gasteiger partial charge in [0.2, 0.25) is 5.92 Å². The zero-order valence-corrected chi connectivity index (χ0v) is 17.2. The van der Waals surface area contributed by atoms with Crippen LogP contribution in [0.3, 0.4) is 0 Å². The Balaban J connectivity index is 1.89. The van der Waals surface area contributed by atoms with E-state index in [1.165, 1.54) is 0 Å². The van der Waals surface area contributed by atoms with Gasteiger partial charge in [-0.2, -0.15) is 5.10 Å². The number of aromatic nitrogens is 3. The maximum absolute atomic E-state index is 13.7. The molecule has 2 N–H and O–H groups in total. The van der Waals surface area contributed by atoms with Crippen molar-refractivity contribution in [1.82, 2.24) is 19.9 Å². The Morgan fingerprint density at radius 1 is 1.38 bits per heavy atom. The number of aliphatic hydroxyl groups excluding tert-OH is 1. The van der Waals surface area contributed by atoms with E-state index in [0.29, 0.717) is 16.9 Å². The van der Waals surface area contributed by atoms with Crippen molar-refractivity contribution in [3.05, 3.63) is 29.7 Å². The third-order valence-electron chi connectivity index (χ3n) is 5.07. The molecule has 2 heterocycles. The van der Waals surface area contributed by atoms with E-state index in [1.807, 2.05) is 0 Å². The molecule has 0 radical (unpaired) electrons. The van der Waals surface area contributed by atoms with Gasteiger partial charge in [0.15, 0.2) is 5.65 Å². The lowest BCUT2D eigenvalue weighted by Crippen LogP contribution is -2.40. The first-order valence-corrected chi connectivity index (χ1v) is 9.84. The molecular formula is C20H28F2N4O3. The molecule has 0 saturated heterocycles. The summed E-state index contributed by atoms with van der Waals surface area (Å²) in [5.74, 6) is -2.86. The molecule has 9 heteroatoms. The van der Waals surface area contributed by atoms with E-state index in [4.69, 9.17) is 4.74 Å². The Morgan fingerprint density at radius 2 is 2.03 bits per heavy atom. The smallest absolute Gasteiger partial charge is 0.408 e. The van der Waals surface area contributed by atoms with Crippen molar-refractivity contribution in [2.24, 2.45) is 5.92 Å². The highest BCUT2D eigenvalue weighted by Crippen LogP contribution is 2.41. The fourth-order valence-electron chi connectivity index (χ4n) is 3.55. The number of rotatable bonds is 4. The molecule has 0 spiro atoms. The van der Waals surface area contributed by atoms with Gasteiger partial charge in [0.25, 0.3) is 0 Å². The Labute approximate surface area is 168 Å². The first kappa shape index (κ1) is 21.4. The number of carbonyl (C=O) groups is 1. The molecule has 0 bridgehead atoms. The molecule has 160 valence electrons. The van der Waals surface area contributed by atoms with Gasteiger partial charge in [-0.1, -0.05) is 0 Å². The average molecular weight is 410 g/mol. The van der Waals surface area contributed by atoms with Crippen molar-refractivity contribution in [1.29, 1.82) is 0 Å².